The Morgan fingerprint density at radius 1 is 1.53 bits per heavy atom. The summed E-state index contributed by atoms with van der Waals surface area (Å²) in [7, 11) is 1.71. The lowest BCUT2D eigenvalue weighted by Gasteiger charge is -2.23. The van der Waals surface area contributed by atoms with Crippen molar-refractivity contribution in [1.82, 2.24) is 14.7 Å². The van der Waals surface area contributed by atoms with E-state index in [1.165, 1.54) is 9.58 Å². The van der Waals surface area contributed by atoms with E-state index in [2.05, 4.69) is 5.10 Å². The first-order valence-corrected chi connectivity index (χ1v) is 6.52. The van der Waals surface area contributed by atoms with Crippen LogP contribution in [-0.4, -0.2) is 44.3 Å². The average Bonchev–Trinajstić information content (AvgIpc) is 2.91. The number of aryl methyl sites for hydroxylation is 2. The molecule has 1 amide bonds. The Labute approximate surface area is 112 Å². The van der Waals surface area contributed by atoms with Crippen LogP contribution in [0, 0.1) is 5.92 Å². The standard InChI is InChI=1S/C13H19N3O3/c1-4-9-7-10(15(3)14-9)12(17)16-6-5-8(2)11(16)13(18)19/h7-8,11H,4-6H2,1-3H3,(H,18,19). The van der Waals surface area contributed by atoms with Gasteiger partial charge in [-0.15, -0.1) is 0 Å². The van der Waals surface area contributed by atoms with Gasteiger partial charge in [-0.05, 0) is 24.8 Å². The topological polar surface area (TPSA) is 75.4 Å². The Morgan fingerprint density at radius 2 is 2.21 bits per heavy atom. The first-order valence-electron chi connectivity index (χ1n) is 6.52. The van der Waals surface area contributed by atoms with Crippen LogP contribution in [0.4, 0.5) is 0 Å². The monoisotopic (exact) mass is 265 g/mol. The summed E-state index contributed by atoms with van der Waals surface area (Å²) in [5.74, 6) is -1.19. The quantitative estimate of drug-likeness (QED) is 0.881. The SMILES string of the molecule is CCc1cc(C(=O)N2CCC(C)C2C(=O)O)n(C)n1. The Bertz CT molecular complexity index is 509. The summed E-state index contributed by atoms with van der Waals surface area (Å²) in [6.45, 7) is 4.32. The number of aliphatic carboxylic acids is 1. The Balaban J connectivity index is 2.28. The van der Waals surface area contributed by atoms with Crippen molar-refractivity contribution in [3.8, 4) is 0 Å². The van der Waals surface area contributed by atoms with Gasteiger partial charge in [-0.1, -0.05) is 13.8 Å². The molecule has 0 saturated carbocycles. The Kier molecular flexibility index (Phi) is 3.59. The molecule has 1 saturated heterocycles. The van der Waals surface area contributed by atoms with E-state index in [4.69, 9.17) is 0 Å². The minimum Gasteiger partial charge on any atom is -0.480 e. The molecule has 1 fully saturated rings. The zero-order valence-electron chi connectivity index (χ0n) is 11.5. The van der Waals surface area contributed by atoms with Crippen molar-refractivity contribution in [3.05, 3.63) is 17.5 Å². The molecule has 1 aromatic rings. The van der Waals surface area contributed by atoms with E-state index in [1.54, 1.807) is 13.1 Å². The summed E-state index contributed by atoms with van der Waals surface area (Å²) in [5, 5.41) is 13.5. The molecule has 6 heteroatoms. The van der Waals surface area contributed by atoms with Crippen molar-refractivity contribution < 1.29 is 14.7 Å². The Morgan fingerprint density at radius 3 is 2.74 bits per heavy atom. The maximum Gasteiger partial charge on any atom is 0.326 e. The zero-order chi connectivity index (χ0) is 14.2. The van der Waals surface area contributed by atoms with Crippen LogP contribution in [0.25, 0.3) is 0 Å². The number of rotatable bonds is 3. The molecule has 0 aromatic carbocycles. The fraction of sp³-hybridized carbons (Fsp3) is 0.615. The number of carbonyl (C=O) groups is 2. The number of carboxylic acids is 1. The van der Waals surface area contributed by atoms with Gasteiger partial charge in [0.05, 0.1) is 5.69 Å². The molecule has 1 N–H and O–H groups in total. The number of hydrogen-bond donors (Lipinski definition) is 1. The van der Waals surface area contributed by atoms with Crippen LogP contribution < -0.4 is 0 Å². The lowest BCUT2D eigenvalue weighted by Crippen LogP contribution is -2.43. The minimum absolute atomic E-state index is 0.0136. The third kappa shape index (κ3) is 2.34. The van der Waals surface area contributed by atoms with Crippen LogP contribution >= 0.6 is 0 Å². The molecule has 1 aliphatic heterocycles. The van der Waals surface area contributed by atoms with E-state index in [9.17, 15) is 14.7 Å². The van der Waals surface area contributed by atoms with Crippen LogP contribution in [-0.2, 0) is 18.3 Å². The van der Waals surface area contributed by atoms with Crippen molar-refractivity contribution in [1.29, 1.82) is 0 Å². The summed E-state index contributed by atoms with van der Waals surface area (Å²) < 4.78 is 1.53. The molecule has 0 radical (unpaired) electrons. The third-order valence-electron chi connectivity index (χ3n) is 3.73. The summed E-state index contributed by atoms with van der Waals surface area (Å²) in [5.41, 5.74) is 1.29. The second kappa shape index (κ2) is 5.03. The number of nitrogens with zero attached hydrogens (tertiary/aromatic N) is 3. The van der Waals surface area contributed by atoms with Crippen molar-refractivity contribution in [2.45, 2.75) is 32.7 Å². The number of carboxylic acid groups (broad SMARTS) is 1. The third-order valence-corrected chi connectivity index (χ3v) is 3.73. The molecule has 19 heavy (non-hydrogen) atoms. The molecule has 104 valence electrons. The van der Waals surface area contributed by atoms with Crippen LogP contribution in [0.5, 0.6) is 0 Å². The summed E-state index contributed by atoms with van der Waals surface area (Å²) >= 11 is 0. The summed E-state index contributed by atoms with van der Waals surface area (Å²) in [6, 6.07) is 1.01. The minimum atomic E-state index is -0.934. The molecule has 2 rings (SSSR count). The van der Waals surface area contributed by atoms with E-state index in [0.29, 0.717) is 12.2 Å². The van der Waals surface area contributed by atoms with Crippen LogP contribution in [0.1, 0.15) is 36.5 Å². The highest BCUT2D eigenvalue weighted by molar-refractivity contribution is 5.95. The van der Waals surface area contributed by atoms with Gasteiger partial charge in [0.15, 0.2) is 0 Å². The van der Waals surface area contributed by atoms with Gasteiger partial charge < -0.3 is 10.0 Å². The number of likely N-dealkylation sites (tertiary alicyclic amines) is 1. The molecule has 1 aromatic heterocycles. The maximum atomic E-state index is 12.5. The average molecular weight is 265 g/mol. The zero-order valence-corrected chi connectivity index (χ0v) is 11.5. The first-order chi connectivity index (χ1) is 8.95. The van der Waals surface area contributed by atoms with Crippen molar-refractivity contribution in [3.63, 3.8) is 0 Å². The van der Waals surface area contributed by atoms with E-state index in [1.807, 2.05) is 13.8 Å². The van der Waals surface area contributed by atoms with Gasteiger partial charge in [0.2, 0.25) is 0 Å². The van der Waals surface area contributed by atoms with Gasteiger partial charge in [-0.25, -0.2) is 4.79 Å². The van der Waals surface area contributed by atoms with Gasteiger partial charge in [0.1, 0.15) is 11.7 Å². The highest BCUT2D eigenvalue weighted by atomic mass is 16.4. The molecule has 1 aliphatic rings. The Hall–Kier alpha value is -1.85. The van der Waals surface area contributed by atoms with Gasteiger partial charge in [0.25, 0.3) is 5.91 Å². The fourth-order valence-corrected chi connectivity index (χ4v) is 2.60. The molecule has 0 aliphatic carbocycles. The number of aromatic nitrogens is 2. The van der Waals surface area contributed by atoms with Crippen LogP contribution in [0.15, 0.2) is 6.07 Å². The predicted molar refractivity (Wildman–Crippen MR) is 68.8 cm³/mol. The number of carbonyl (C=O) groups excluding carboxylic acids is 1. The van der Waals surface area contributed by atoms with E-state index in [0.717, 1.165) is 18.5 Å². The van der Waals surface area contributed by atoms with E-state index < -0.39 is 12.0 Å². The van der Waals surface area contributed by atoms with Gasteiger partial charge in [-0.3, -0.25) is 9.48 Å². The van der Waals surface area contributed by atoms with Crippen molar-refractivity contribution in [2.75, 3.05) is 6.54 Å². The highest BCUT2D eigenvalue weighted by Gasteiger charge is 2.40. The number of hydrogen-bond acceptors (Lipinski definition) is 3. The second-order valence-electron chi connectivity index (χ2n) is 5.05. The van der Waals surface area contributed by atoms with E-state index >= 15 is 0 Å². The second-order valence-corrected chi connectivity index (χ2v) is 5.05. The van der Waals surface area contributed by atoms with Gasteiger partial charge >= 0.3 is 5.97 Å². The van der Waals surface area contributed by atoms with Crippen molar-refractivity contribution in [2.24, 2.45) is 13.0 Å². The van der Waals surface area contributed by atoms with Gasteiger partial charge in [0, 0.05) is 13.6 Å². The highest BCUT2D eigenvalue weighted by Crippen LogP contribution is 2.26. The molecular weight excluding hydrogens is 246 g/mol. The number of amides is 1. The molecular formula is C13H19N3O3. The smallest absolute Gasteiger partial charge is 0.326 e. The largest absolute Gasteiger partial charge is 0.480 e. The predicted octanol–water partition coefficient (Wildman–Crippen LogP) is 0.918. The molecule has 6 nitrogen and oxygen atoms in total. The lowest BCUT2D eigenvalue weighted by atomic mass is 10.0. The van der Waals surface area contributed by atoms with Gasteiger partial charge in [-0.2, -0.15) is 5.10 Å². The van der Waals surface area contributed by atoms with Crippen LogP contribution in [0.3, 0.4) is 0 Å². The lowest BCUT2D eigenvalue weighted by molar-refractivity contribution is -0.142. The fourth-order valence-electron chi connectivity index (χ4n) is 2.60. The summed E-state index contributed by atoms with van der Waals surface area (Å²) in [6.07, 6.45) is 1.47. The molecule has 0 bridgehead atoms. The molecule has 2 atom stereocenters. The summed E-state index contributed by atoms with van der Waals surface area (Å²) in [4.78, 5) is 25.2. The first kappa shape index (κ1) is 13.6. The van der Waals surface area contributed by atoms with Crippen molar-refractivity contribution >= 4 is 11.9 Å². The maximum absolute atomic E-state index is 12.5. The normalized spacial score (nSPS) is 22.8. The molecule has 0 spiro atoms. The molecule has 2 heterocycles. The van der Waals surface area contributed by atoms with E-state index in [-0.39, 0.29) is 11.8 Å². The molecule has 2 unspecified atom stereocenters. The van der Waals surface area contributed by atoms with Crippen LogP contribution in [0.2, 0.25) is 0 Å².